The van der Waals surface area contributed by atoms with E-state index in [0.29, 0.717) is 6.42 Å². The molecule has 4 nitrogen and oxygen atoms in total. The molecule has 1 unspecified atom stereocenters. The summed E-state index contributed by atoms with van der Waals surface area (Å²) in [5, 5.41) is 9.05. The van der Waals surface area contributed by atoms with Crippen molar-refractivity contribution in [2.24, 2.45) is 5.92 Å². The predicted molar refractivity (Wildman–Crippen MR) is 68.1 cm³/mol. The van der Waals surface area contributed by atoms with Crippen LogP contribution in [0.1, 0.15) is 51.9 Å². The third-order valence-corrected chi connectivity index (χ3v) is 3.38. The van der Waals surface area contributed by atoms with Crippen LogP contribution in [0.4, 0.5) is 0 Å². The SMILES string of the molecule is C=C1C(=O)OC(CCCCCCCC)[C@H]1C(=O)O. The van der Waals surface area contributed by atoms with Crippen molar-refractivity contribution in [2.75, 3.05) is 0 Å². The maximum atomic E-state index is 11.3. The second-order valence-corrected chi connectivity index (χ2v) is 4.84. The quantitative estimate of drug-likeness (QED) is 0.411. The first-order valence-electron chi connectivity index (χ1n) is 6.70. The molecule has 1 fully saturated rings. The molecule has 2 atom stereocenters. The molecule has 0 aliphatic carbocycles. The minimum Gasteiger partial charge on any atom is -0.481 e. The van der Waals surface area contributed by atoms with Gasteiger partial charge >= 0.3 is 11.9 Å². The van der Waals surface area contributed by atoms with E-state index in [4.69, 9.17) is 9.84 Å². The lowest BCUT2D eigenvalue weighted by molar-refractivity contribution is -0.144. The van der Waals surface area contributed by atoms with E-state index in [0.717, 1.165) is 19.3 Å². The van der Waals surface area contributed by atoms with Crippen molar-refractivity contribution >= 4 is 11.9 Å². The molecule has 0 radical (unpaired) electrons. The third kappa shape index (κ3) is 3.86. The number of cyclic esters (lactones) is 1. The number of ether oxygens (including phenoxy) is 1. The molecule has 18 heavy (non-hydrogen) atoms. The number of carboxylic acids is 1. The van der Waals surface area contributed by atoms with Gasteiger partial charge in [0.05, 0.1) is 0 Å². The molecule has 0 aromatic rings. The number of rotatable bonds is 8. The zero-order valence-corrected chi connectivity index (χ0v) is 11.0. The number of unbranched alkanes of at least 4 members (excludes halogenated alkanes) is 5. The van der Waals surface area contributed by atoms with Crippen LogP contribution in [-0.2, 0) is 14.3 Å². The van der Waals surface area contributed by atoms with Gasteiger partial charge in [-0.2, -0.15) is 0 Å². The van der Waals surface area contributed by atoms with Crippen LogP contribution in [0.3, 0.4) is 0 Å². The van der Waals surface area contributed by atoms with Gasteiger partial charge < -0.3 is 9.84 Å². The summed E-state index contributed by atoms with van der Waals surface area (Å²) in [7, 11) is 0. The summed E-state index contributed by atoms with van der Waals surface area (Å²) < 4.78 is 5.06. The molecule has 0 aromatic carbocycles. The Hall–Kier alpha value is -1.32. The van der Waals surface area contributed by atoms with Crippen molar-refractivity contribution in [3.63, 3.8) is 0 Å². The second kappa shape index (κ2) is 7.19. The summed E-state index contributed by atoms with van der Waals surface area (Å²) in [6.45, 7) is 5.67. The van der Waals surface area contributed by atoms with E-state index >= 15 is 0 Å². The Balaban J connectivity index is 2.30. The average Bonchev–Trinajstić information content (AvgIpc) is 2.59. The molecule has 1 N–H and O–H groups in total. The lowest BCUT2D eigenvalue weighted by atomic mass is 9.93. The van der Waals surface area contributed by atoms with Gasteiger partial charge in [0.2, 0.25) is 0 Å². The number of aliphatic carboxylic acids is 1. The fourth-order valence-corrected chi connectivity index (χ4v) is 2.29. The summed E-state index contributed by atoms with van der Waals surface area (Å²) >= 11 is 0. The van der Waals surface area contributed by atoms with Crippen LogP contribution in [0.15, 0.2) is 12.2 Å². The normalized spacial score (nSPS) is 23.2. The van der Waals surface area contributed by atoms with Gasteiger partial charge in [0, 0.05) is 5.57 Å². The first-order valence-corrected chi connectivity index (χ1v) is 6.70. The Morgan fingerprint density at radius 2 is 1.89 bits per heavy atom. The summed E-state index contributed by atoms with van der Waals surface area (Å²) in [4.78, 5) is 22.3. The average molecular weight is 254 g/mol. The molecule has 1 heterocycles. The fourth-order valence-electron chi connectivity index (χ4n) is 2.29. The summed E-state index contributed by atoms with van der Waals surface area (Å²) in [5.41, 5.74) is 0.0819. The zero-order valence-electron chi connectivity index (χ0n) is 11.0. The number of hydrogen-bond donors (Lipinski definition) is 1. The molecule has 1 aliphatic heterocycles. The largest absolute Gasteiger partial charge is 0.481 e. The highest BCUT2D eigenvalue weighted by Gasteiger charge is 2.42. The molecular formula is C14H22O4. The highest BCUT2D eigenvalue weighted by molar-refractivity contribution is 5.97. The molecular weight excluding hydrogens is 232 g/mol. The Morgan fingerprint density at radius 1 is 1.28 bits per heavy atom. The van der Waals surface area contributed by atoms with Gasteiger partial charge in [0.1, 0.15) is 12.0 Å². The van der Waals surface area contributed by atoms with Crippen molar-refractivity contribution in [3.8, 4) is 0 Å². The highest BCUT2D eigenvalue weighted by atomic mass is 16.6. The predicted octanol–water partition coefficient (Wildman–Crippen LogP) is 2.92. The minimum absolute atomic E-state index is 0.0819. The van der Waals surface area contributed by atoms with E-state index in [1.807, 2.05) is 0 Å². The Bertz CT molecular complexity index is 322. The third-order valence-electron chi connectivity index (χ3n) is 3.38. The van der Waals surface area contributed by atoms with E-state index < -0.39 is 24.0 Å². The van der Waals surface area contributed by atoms with Gasteiger partial charge in [-0.15, -0.1) is 0 Å². The van der Waals surface area contributed by atoms with Crippen LogP contribution in [-0.4, -0.2) is 23.1 Å². The second-order valence-electron chi connectivity index (χ2n) is 4.84. The molecule has 0 aromatic heterocycles. The van der Waals surface area contributed by atoms with Crippen LogP contribution in [0.2, 0.25) is 0 Å². The monoisotopic (exact) mass is 254 g/mol. The molecule has 1 saturated heterocycles. The molecule has 0 bridgehead atoms. The standard InChI is InChI=1S/C14H22O4/c1-3-4-5-6-7-8-9-11-12(13(15)16)10(2)14(17)18-11/h11-12H,2-9H2,1H3,(H,15,16)/t11?,12-/m0/s1. The van der Waals surface area contributed by atoms with Crippen molar-refractivity contribution < 1.29 is 19.4 Å². The summed E-state index contributed by atoms with van der Waals surface area (Å²) in [6, 6.07) is 0. The Kier molecular flexibility index (Phi) is 5.89. The van der Waals surface area contributed by atoms with E-state index in [-0.39, 0.29) is 5.57 Å². The number of esters is 1. The van der Waals surface area contributed by atoms with Crippen LogP contribution >= 0.6 is 0 Å². The molecule has 4 heteroatoms. The molecule has 0 amide bonds. The van der Waals surface area contributed by atoms with Crippen LogP contribution in [0.5, 0.6) is 0 Å². The van der Waals surface area contributed by atoms with E-state index in [1.54, 1.807) is 0 Å². The zero-order chi connectivity index (χ0) is 13.5. The van der Waals surface area contributed by atoms with Crippen LogP contribution < -0.4 is 0 Å². The molecule has 0 spiro atoms. The van der Waals surface area contributed by atoms with Gasteiger partial charge in [-0.25, -0.2) is 4.79 Å². The van der Waals surface area contributed by atoms with E-state index in [9.17, 15) is 9.59 Å². The summed E-state index contributed by atoms with van der Waals surface area (Å²) in [5.74, 6) is -2.42. The van der Waals surface area contributed by atoms with Gasteiger partial charge in [0.25, 0.3) is 0 Å². The lowest BCUT2D eigenvalue weighted by Crippen LogP contribution is -2.24. The smallest absolute Gasteiger partial charge is 0.334 e. The summed E-state index contributed by atoms with van der Waals surface area (Å²) in [6.07, 6.45) is 6.89. The van der Waals surface area contributed by atoms with Gasteiger partial charge in [0.15, 0.2) is 0 Å². The van der Waals surface area contributed by atoms with Crippen LogP contribution in [0.25, 0.3) is 0 Å². The first-order chi connectivity index (χ1) is 8.57. The molecule has 1 rings (SSSR count). The van der Waals surface area contributed by atoms with Gasteiger partial charge in [-0.05, 0) is 12.8 Å². The maximum Gasteiger partial charge on any atom is 0.334 e. The maximum absolute atomic E-state index is 11.3. The van der Waals surface area contributed by atoms with Crippen molar-refractivity contribution in [1.82, 2.24) is 0 Å². The van der Waals surface area contributed by atoms with Crippen molar-refractivity contribution in [1.29, 1.82) is 0 Å². The van der Waals surface area contributed by atoms with Crippen molar-refractivity contribution in [3.05, 3.63) is 12.2 Å². The number of carbonyl (C=O) groups is 2. The Morgan fingerprint density at radius 3 is 2.50 bits per heavy atom. The van der Waals surface area contributed by atoms with Gasteiger partial charge in [-0.3, -0.25) is 4.79 Å². The van der Waals surface area contributed by atoms with Crippen molar-refractivity contribution in [2.45, 2.75) is 58.0 Å². The van der Waals surface area contributed by atoms with E-state index in [2.05, 4.69) is 13.5 Å². The topological polar surface area (TPSA) is 63.6 Å². The first kappa shape index (κ1) is 14.7. The number of carboxylic acid groups (broad SMARTS) is 1. The Labute approximate surface area is 108 Å². The molecule has 0 saturated carbocycles. The van der Waals surface area contributed by atoms with Crippen LogP contribution in [0, 0.1) is 5.92 Å². The fraction of sp³-hybridized carbons (Fsp3) is 0.714. The van der Waals surface area contributed by atoms with Gasteiger partial charge in [-0.1, -0.05) is 45.6 Å². The highest BCUT2D eigenvalue weighted by Crippen LogP contribution is 2.30. The molecule has 102 valence electrons. The number of carbonyl (C=O) groups excluding carboxylic acids is 1. The lowest BCUT2D eigenvalue weighted by Gasteiger charge is -2.13. The molecule has 1 aliphatic rings. The number of hydrogen-bond acceptors (Lipinski definition) is 3. The minimum atomic E-state index is -1.01. The van der Waals surface area contributed by atoms with E-state index in [1.165, 1.54) is 19.3 Å².